The maximum Gasteiger partial charge on any atom is 0.326 e. The lowest BCUT2D eigenvalue weighted by atomic mass is 10.0. The van der Waals surface area contributed by atoms with E-state index >= 15 is 0 Å². The Balaban J connectivity index is 0.00000387. The van der Waals surface area contributed by atoms with E-state index in [-0.39, 0.29) is 18.3 Å². The van der Waals surface area contributed by atoms with E-state index in [1.165, 1.54) is 11.0 Å². The number of hydrogen-bond acceptors (Lipinski definition) is 6. The predicted octanol–water partition coefficient (Wildman–Crippen LogP) is 4.45. The van der Waals surface area contributed by atoms with E-state index in [1.54, 1.807) is 36.7 Å². The Labute approximate surface area is 247 Å². The zero-order chi connectivity index (χ0) is 28.2. The van der Waals surface area contributed by atoms with Gasteiger partial charge in [0.2, 0.25) is 0 Å². The lowest BCUT2D eigenvalue weighted by Gasteiger charge is -2.33. The summed E-state index contributed by atoms with van der Waals surface area (Å²) in [4.78, 5) is 47.0. The second kappa shape index (κ2) is 12.8. The first-order valence-electron chi connectivity index (χ1n) is 12.6. The Morgan fingerprint density at radius 3 is 2.54 bits per heavy atom. The van der Waals surface area contributed by atoms with Crippen molar-refractivity contribution in [2.24, 2.45) is 5.84 Å². The number of carboxylic acid groups (broad SMARTS) is 1. The van der Waals surface area contributed by atoms with Crippen LogP contribution in [-0.4, -0.2) is 50.3 Å². The summed E-state index contributed by atoms with van der Waals surface area (Å²) in [7, 11) is 0. The van der Waals surface area contributed by atoms with Gasteiger partial charge in [0.25, 0.3) is 11.8 Å². The Kier molecular flexibility index (Phi) is 9.20. The van der Waals surface area contributed by atoms with E-state index in [2.05, 4.69) is 27.2 Å². The third-order valence-electron chi connectivity index (χ3n) is 6.77. The SMILES string of the molecule is Cl.NNC(=O)c1cc(-c2ccc(C#Cc3ccc(C(=O)N4CCCC[C@H]4C(=O)O)cc3Cl)cc2)nc2ccncc12. The summed E-state index contributed by atoms with van der Waals surface area (Å²) in [6.45, 7) is 0.401. The lowest BCUT2D eigenvalue weighted by Crippen LogP contribution is -2.47. The fraction of sp³-hybridized carbons (Fsp3) is 0.167. The summed E-state index contributed by atoms with van der Waals surface area (Å²) < 4.78 is 0. The van der Waals surface area contributed by atoms with Crippen LogP contribution in [0.2, 0.25) is 5.02 Å². The molecule has 208 valence electrons. The van der Waals surface area contributed by atoms with Crippen LogP contribution in [0.3, 0.4) is 0 Å². The summed E-state index contributed by atoms with van der Waals surface area (Å²) in [5, 5.41) is 10.4. The summed E-state index contributed by atoms with van der Waals surface area (Å²) in [6.07, 6.45) is 5.17. The first-order chi connectivity index (χ1) is 19.4. The van der Waals surface area contributed by atoms with E-state index in [0.29, 0.717) is 51.3 Å². The monoisotopic (exact) mass is 589 g/mol. The molecule has 1 fully saturated rings. The molecule has 1 atom stereocenters. The third-order valence-corrected chi connectivity index (χ3v) is 7.09. The molecule has 2 aromatic carbocycles. The van der Waals surface area contributed by atoms with Crippen molar-refractivity contribution in [2.45, 2.75) is 25.3 Å². The molecule has 4 aromatic rings. The molecule has 5 rings (SSSR count). The molecule has 4 N–H and O–H groups in total. The van der Waals surface area contributed by atoms with Crippen LogP contribution in [0.4, 0.5) is 0 Å². The average molecular weight is 590 g/mol. The first kappa shape index (κ1) is 29.5. The Hall–Kier alpha value is -4.49. The van der Waals surface area contributed by atoms with Crippen molar-refractivity contribution in [3.8, 4) is 23.1 Å². The van der Waals surface area contributed by atoms with Crippen LogP contribution in [0.25, 0.3) is 22.2 Å². The highest BCUT2D eigenvalue weighted by atomic mass is 35.5. The quantitative estimate of drug-likeness (QED) is 0.138. The van der Waals surface area contributed by atoms with Crippen LogP contribution in [-0.2, 0) is 4.79 Å². The molecule has 2 amide bonds. The molecule has 0 unspecified atom stereocenters. The fourth-order valence-corrected chi connectivity index (χ4v) is 4.92. The molecule has 1 aliphatic rings. The van der Waals surface area contributed by atoms with Crippen LogP contribution in [0.1, 0.15) is 51.1 Å². The minimum atomic E-state index is -0.997. The number of pyridine rings is 2. The maximum absolute atomic E-state index is 13.0. The molecule has 1 saturated heterocycles. The number of carboxylic acids is 1. The van der Waals surface area contributed by atoms with Crippen molar-refractivity contribution >= 4 is 52.7 Å². The van der Waals surface area contributed by atoms with E-state index in [0.717, 1.165) is 24.0 Å². The first-order valence-corrected chi connectivity index (χ1v) is 12.9. The molecule has 0 aliphatic carbocycles. The van der Waals surface area contributed by atoms with Crippen molar-refractivity contribution in [3.63, 3.8) is 0 Å². The summed E-state index contributed by atoms with van der Waals surface area (Å²) >= 11 is 6.44. The van der Waals surface area contributed by atoms with Gasteiger partial charge in [-0.1, -0.05) is 35.6 Å². The van der Waals surface area contributed by atoms with Crippen LogP contribution in [0.15, 0.2) is 67.0 Å². The van der Waals surface area contributed by atoms with E-state index in [4.69, 9.17) is 17.4 Å². The Morgan fingerprint density at radius 1 is 1.05 bits per heavy atom. The smallest absolute Gasteiger partial charge is 0.326 e. The number of aromatic nitrogens is 2. The number of aliphatic carboxylic acids is 1. The number of benzene rings is 2. The van der Waals surface area contributed by atoms with Crippen molar-refractivity contribution in [3.05, 3.63) is 94.3 Å². The van der Waals surface area contributed by atoms with Gasteiger partial charge in [0.05, 0.1) is 21.8 Å². The number of amides is 2. The summed E-state index contributed by atoms with van der Waals surface area (Å²) in [5.74, 6) is 9.67. The molecule has 11 heteroatoms. The number of likely N-dealkylation sites (tertiary alicyclic amines) is 1. The molecule has 3 heterocycles. The second-order valence-electron chi connectivity index (χ2n) is 9.29. The summed E-state index contributed by atoms with van der Waals surface area (Å²) in [5.41, 5.74) is 6.12. The molecule has 9 nitrogen and oxygen atoms in total. The molecule has 2 aromatic heterocycles. The van der Waals surface area contributed by atoms with Gasteiger partial charge in [0.15, 0.2) is 0 Å². The van der Waals surface area contributed by atoms with Crippen LogP contribution < -0.4 is 11.3 Å². The number of halogens is 2. The zero-order valence-electron chi connectivity index (χ0n) is 21.6. The lowest BCUT2D eigenvalue weighted by molar-refractivity contribution is -0.143. The standard InChI is InChI=1S/C30H24ClN5O4.ClH/c31-24-15-21(29(38)36-14-2-1-3-27(36)30(39)40)11-10-19(24)7-4-18-5-8-20(9-6-18)26-16-22(28(37)35-32)23-17-33-13-12-25(23)34-26;/h5-6,8-13,15-17,27H,1-3,14,32H2,(H,35,37)(H,39,40);1H/t27-;/m0./s1. The predicted molar refractivity (Wildman–Crippen MR) is 158 cm³/mol. The molecule has 41 heavy (non-hydrogen) atoms. The van der Waals surface area contributed by atoms with Gasteiger partial charge in [0, 0.05) is 46.6 Å². The van der Waals surface area contributed by atoms with Crippen molar-refractivity contribution < 1.29 is 19.5 Å². The molecule has 0 radical (unpaired) electrons. The molecular formula is C30H25Cl2N5O4. The van der Waals surface area contributed by atoms with Gasteiger partial charge < -0.3 is 10.0 Å². The van der Waals surface area contributed by atoms with Crippen LogP contribution in [0, 0.1) is 11.8 Å². The average Bonchev–Trinajstić information content (AvgIpc) is 2.99. The number of hydrogen-bond donors (Lipinski definition) is 3. The highest BCUT2D eigenvalue weighted by Gasteiger charge is 2.32. The molecule has 0 bridgehead atoms. The number of nitrogens with one attached hydrogen (secondary N) is 1. The number of nitrogens with zero attached hydrogens (tertiary/aromatic N) is 3. The highest BCUT2D eigenvalue weighted by Crippen LogP contribution is 2.26. The molecule has 0 spiro atoms. The minimum Gasteiger partial charge on any atom is -0.480 e. The largest absolute Gasteiger partial charge is 0.480 e. The van der Waals surface area contributed by atoms with Gasteiger partial charge in [-0.3, -0.25) is 20.0 Å². The number of hydrazine groups is 1. The van der Waals surface area contributed by atoms with Gasteiger partial charge in [-0.25, -0.2) is 15.6 Å². The third kappa shape index (κ3) is 6.31. The van der Waals surface area contributed by atoms with E-state index in [1.807, 2.05) is 24.3 Å². The Morgan fingerprint density at radius 2 is 1.83 bits per heavy atom. The number of nitrogen functional groups attached to an aromatic ring is 1. The minimum absolute atomic E-state index is 0. The number of carbonyl (C=O) groups excluding carboxylic acids is 2. The Bertz CT molecular complexity index is 1700. The van der Waals surface area contributed by atoms with Crippen LogP contribution >= 0.6 is 24.0 Å². The van der Waals surface area contributed by atoms with Crippen LogP contribution in [0.5, 0.6) is 0 Å². The fourth-order valence-electron chi connectivity index (χ4n) is 4.69. The summed E-state index contributed by atoms with van der Waals surface area (Å²) in [6, 6.07) is 14.7. The maximum atomic E-state index is 13.0. The second-order valence-corrected chi connectivity index (χ2v) is 9.70. The molecular weight excluding hydrogens is 565 g/mol. The van der Waals surface area contributed by atoms with Gasteiger partial charge in [-0.05, 0) is 61.7 Å². The normalized spacial score (nSPS) is 14.4. The number of rotatable bonds is 4. The van der Waals surface area contributed by atoms with E-state index in [9.17, 15) is 19.5 Å². The molecule has 0 saturated carbocycles. The highest BCUT2D eigenvalue weighted by molar-refractivity contribution is 6.32. The van der Waals surface area contributed by atoms with Gasteiger partial charge in [-0.2, -0.15) is 0 Å². The van der Waals surface area contributed by atoms with Gasteiger partial charge in [-0.15, -0.1) is 12.4 Å². The number of carbonyl (C=O) groups is 3. The van der Waals surface area contributed by atoms with Crippen molar-refractivity contribution in [1.82, 2.24) is 20.3 Å². The van der Waals surface area contributed by atoms with Gasteiger partial charge in [0.1, 0.15) is 6.04 Å². The van der Waals surface area contributed by atoms with Crippen molar-refractivity contribution in [2.75, 3.05) is 6.54 Å². The molecule has 1 aliphatic heterocycles. The topological polar surface area (TPSA) is 139 Å². The number of nitrogens with two attached hydrogens (primary N) is 1. The van der Waals surface area contributed by atoms with Crippen molar-refractivity contribution in [1.29, 1.82) is 0 Å². The van der Waals surface area contributed by atoms with Gasteiger partial charge >= 0.3 is 5.97 Å². The zero-order valence-corrected chi connectivity index (χ0v) is 23.2. The number of piperidine rings is 1. The van der Waals surface area contributed by atoms with E-state index < -0.39 is 17.9 Å². The number of fused-ring (bicyclic) bond motifs is 1.